The first kappa shape index (κ1) is 27.7. The van der Waals surface area contributed by atoms with Crippen LogP contribution in [0.25, 0.3) is 22.3 Å². The summed E-state index contributed by atoms with van der Waals surface area (Å²) in [6.45, 7) is 8.50. The molecule has 0 saturated carbocycles. The summed E-state index contributed by atoms with van der Waals surface area (Å²) < 4.78 is 19.1. The van der Waals surface area contributed by atoms with Gasteiger partial charge in [-0.05, 0) is 51.7 Å². The lowest BCUT2D eigenvalue weighted by atomic mass is 10.0. The van der Waals surface area contributed by atoms with Crippen molar-refractivity contribution in [1.29, 1.82) is 0 Å². The Morgan fingerprint density at radius 1 is 1.10 bits per heavy atom. The number of primary amides is 1. The number of hydrogen-bond acceptors (Lipinski definition) is 8. The highest BCUT2D eigenvalue weighted by Crippen LogP contribution is 2.29. The van der Waals surface area contributed by atoms with Gasteiger partial charge in [-0.3, -0.25) is 9.69 Å². The molecular weight excluding hydrogens is 513 g/mol. The second-order valence-corrected chi connectivity index (χ2v) is 11.6. The first-order valence-electron chi connectivity index (χ1n) is 13.7. The molecule has 2 atom stereocenters. The summed E-state index contributed by atoms with van der Waals surface area (Å²) in [7, 11) is 0. The number of nitrogens with two attached hydrogens (primary N) is 1. The molecule has 10 nitrogen and oxygen atoms in total. The maximum atomic E-state index is 13.6. The highest BCUT2D eigenvalue weighted by Gasteiger charge is 2.28. The molecule has 2 aliphatic heterocycles. The van der Waals surface area contributed by atoms with Gasteiger partial charge in [-0.15, -0.1) is 0 Å². The summed E-state index contributed by atoms with van der Waals surface area (Å²) in [6.07, 6.45) is 2.48. The Labute approximate surface area is 233 Å². The number of carbonyl (C=O) groups excluding carboxylic acids is 2. The van der Waals surface area contributed by atoms with Gasteiger partial charge in [0.25, 0.3) is 5.91 Å². The molecule has 0 spiro atoms. The van der Waals surface area contributed by atoms with E-state index in [-0.39, 0.29) is 17.7 Å². The van der Waals surface area contributed by atoms with Crippen LogP contribution in [0.15, 0.2) is 36.7 Å². The molecule has 0 unspecified atom stereocenters. The Hall–Kier alpha value is -3.86. The van der Waals surface area contributed by atoms with E-state index in [0.717, 1.165) is 30.5 Å². The number of carbonyl (C=O) groups is 2. The van der Waals surface area contributed by atoms with E-state index in [4.69, 9.17) is 15.5 Å². The molecule has 1 aromatic carbocycles. The Balaban J connectivity index is 1.40. The van der Waals surface area contributed by atoms with Crippen molar-refractivity contribution in [3.8, 4) is 11.3 Å². The number of aromatic nitrogens is 3. The van der Waals surface area contributed by atoms with E-state index < -0.39 is 17.7 Å². The van der Waals surface area contributed by atoms with Crippen LogP contribution in [0.5, 0.6) is 0 Å². The van der Waals surface area contributed by atoms with Crippen LogP contribution in [0, 0.1) is 0 Å². The highest BCUT2D eigenvalue weighted by molar-refractivity contribution is 6.06. The van der Waals surface area contributed by atoms with E-state index in [9.17, 15) is 14.0 Å². The standard InChI is InChI=1S/C29H36FN7O3/c1-29(2,3)40-28(39)37-11-4-5-21(16-37)34-27-25-24(32-17-33-27)22(26(31)38)13-23(35-25)19-8-6-18(7-9-19)14-36-12-10-20(30)15-36/h6-9,13,17,20-21H,4-5,10-12,14-16H2,1-3H3,(H2,31,38)(H,32,33,34)/t20-,21-/m0/s1. The molecule has 3 aromatic rings. The molecule has 5 rings (SSSR count). The molecule has 0 aliphatic carbocycles. The summed E-state index contributed by atoms with van der Waals surface area (Å²) in [5, 5.41) is 3.42. The summed E-state index contributed by atoms with van der Waals surface area (Å²) in [6, 6.07) is 9.42. The van der Waals surface area contributed by atoms with Gasteiger partial charge in [0.1, 0.15) is 29.1 Å². The third-order valence-electron chi connectivity index (χ3n) is 7.14. The normalized spacial score (nSPS) is 20.1. The predicted molar refractivity (Wildman–Crippen MR) is 151 cm³/mol. The fourth-order valence-electron chi connectivity index (χ4n) is 5.23. The van der Waals surface area contributed by atoms with Crippen molar-refractivity contribution in [1.82, 2.24) is 24.8 Å². The van der Waals surface area contributed by atoms with E-state index >= 15 is 0 Å². The minimum atomic E-state index is -0.757. The van der Waals surface area contributed by atoms with Gasteiger partial charge in [0, 0.05) is 44.3 Å². The van der Waals surface area contributed by atoms with Crippen molar-refractivity contribution in [2.24, 2.45) is 5.73 Å². The number of halogens is 1. The van der Waals surface area contributed by atoms with Gasteiger partial charge in [0.2, 0.25) is 0 Å². The fourth-order valence-corrected chi connectivity index (χ4v) is 5.23. The third-order valence-corrected chi connectivity index (χ3v) is 7.14. The minimum absolute atomic E-state index is 0.0874. The zero-order chi connectivity index (χ0) is 28.4. The molecule has 3 N–H and O–H groups in total. The minimum Gasteiger partial charge on any atom is -0.444 e. The van der Waals surface area contributed by atoms with Gasteiger partial charge in [0.05, 0.1) is 11.3 Å². The van der Waals surface area contributed by atoms with E-state index in [0.29, 0.717) is 55.1 Å². The summed E-state index contributed by atoms with van der Waals surface area (Å²) in [5.74, 6) is -0.143. The maximum absolute atomic E-state index is 13.6. The number of alkyl halides is 1. The second kappa shape index (κ2) is 11.3. The molecular formula is C29H36FN7O3. The summed E-state index contributed by atoms with van der Waals surface area (Å²) >= 11 is 0. The number of amides is 2. The average molecular weight is 550 g/mol. The number of piperidine rings is 1. The van der Waals surface area contributed by atoms with Crippen molar-refractivity contribution in [2.75, 3.05) is 31.5 Å². The van der Waals surface area contributed by atoms with Crippen molar-refractivity contribution in [2.45, 2.75) is 64.4 Å². The number of pyridine rings is 1. The number of likely N-dealkylation sites (tertiary alicyclic amines) is 2. The molecule has 4 heterocycles. The van der Waals surface area contributed by atoms with Gasteiger partial charge in [-0.2, -0.15) is 0 Å². The van der Waals surface area contributed by atoms with Gasteiger partial charge in [-0.1, -0.05) is 24.3 Å². The number of ether oxygens (including phenoxy) is 1. The number of rotatable bonds is 6. The van der Waals surface area contributed by atoms with Crippen LogP contribution in [-0.2, 0) is 11.3 Å². The van der Waals surface area contributed by atoms with E-state index in [1.807, 2.05) is 45.0 Å². The lowest BCUT2D eigenvalue weighted by Gasteiger charge is -2.34. The Bertz CT molecular complexity index is 1390. The molecule has 0 radical (unpaired) electrons. The number of anilines is 1. The maximum Gasteiger partial charge on any atom is 0.410 e. The van der Waals surface area contributed by atoms with Crippen molar-refractivity contribution >= 4 is 28.9 Å². The van der Waals surface area contributed by atoms with Gasteiger partial charge in [0.15, 0.2) is 5.82 Å². The van der Waals surface area contributed by atoms with Crippen LogP contribution in [0.4, 0.5) is 15.0 Å². The zero-order valence-corrected chi connectivity index (χ0v) is 23.2. The average Bonchev–Trinajstić information content (AvgIpc) is 3.32. The fraction of sp³-hybridized carbons (Fsp3) is 0.483. The van der Waals surface area contributed by atoms with E-state index in [1.54, 1.807) is 11.0 Å². The Kier molecular flexibility index (Phi) is 7.84. The molecule has 2 aliphatic rings. The molecule has 2 fully saturated rings. The quantitative estimate of drug-likeness (QED) is 0.470. The van der Waals surface area contributed by atoms with Crippen LogP contribution in [0.2, 0.25) is 0 Å². The smallest absolute Gasteiger partial charge is 0.410 e. The van der Waals surface area contributed by atoms with Crippen LogP contribution in [0.1, 0.15) is 56.0 Å². The van der Waals surface area contributed by atoms with Gasteiger partial charge in [-0.25, -0.2) is 24.1 Å². The molecule has 0 bridgehead atoms. The highest BCUT2D eigenvalue weighted by atomic mass is 19.1. The second-order valence-electron chi connectivity index (χ2n) is 11.6. The van der Waals surface area contributed by atoms with Crippen molar-refractivity contribution in [3.05, 3.63) is 47.8 Å². The molecule has 212 valence electrons. The zero-order valence-electron chi connectivity index (χ0n) is 23.2. The Morgan fingerprint density at radius 2 is 1.88 bits per heavy atom. The number of fused-ring (bicyclic) bond motifs is 1. The van der Waals surface area contributed by atoms with E-state index in [1.165, 1.54) is 6.33 Å². The number of benzene rings is 1. The molecule has 11 heteroatoms. The molecule has 2 amide bonds. The third kappa shape index (κ3) is 6.47. The molecule has 40 heavy (non-hydrogen) atoms. The van der Waals surface area contributed by atoms with Gasteiger partial charge < -0.3 is 20.7 Å². The summed E-state index contributed by atoms with van der Waals surface area (Å²) in [4.78, 5) is 42.5. The molecule has 2 aromatic heterocycles. The van der Waals surface area contributed by atoms with E-state index in [2.05, 4.69) is 20.2 Å². The SMILES string of the molecule is CC(C)(C)OC(=O)N1CCC[C@H](Nc2ncnc3c(C(N)=O)cc(-c4ccc(CN5CC[C@H](F)C5)cc4)nc23)C1. The van der Waals surface area contributed by atoms with Crippen LogP contribution >= 0.6 is 0 Å². The van der Waals surface area contributed by atoms with Crippen molar-refractivity contribution in [3.63, 3.8) is 0 Å². The largest absolute Gasteiger partial charge is 0.444 e. The van der Waals surface area contributed by atoms with Crippen LogP contribution in [0.3, 0.4) is 0 Å². The Morgan fingerprint density at radius 3 is 2.55 bits per heavy atom. The monoisotopic (exact) mass is 549 g/mol. The van der Waals surface area contributed by atoms with Crippen LogP contribution in [-0.4, -0.2) is 80.7 Å². The summed E-state index contributed by atoms with van der Waals surface area (Å²) in [5.41, 5.74) is 8.66. The van der Waals surface area contributed by atoms with Crippen molar-refractivity contribution < 1.29 is 18.7 Å². The first-order valence-corrected chi connectivity index (χ1v) is 13.7. The lowest BCUT2D eigenvalue weighted by molar-refractivity contribution is 0.0206. The van der Waals surface area contributed by atoms with Crippen LogP contribution < -0.4 is 11.1 Å². The molecule has 2 saturated heterocycles. The number of nitrogens with one attached hydrogen (secondary N) is 1. The van der Waals surface area contributed by atoms with Gasteiger partial charge >= 0.3 is 6.09 Å². The number of nitrogens with zero attached hydrogens (tertiary/aromatic N) is 5. The topological polar surface area (TPSA) is 127 Å². The predicted octanol–water partition coefficient (Wildman–Crippen LogP) is 4.15. The first-order chi connectivity index (χ1) is 19.1. The lowest BCUT2D eigenvalue weighted by Crippen LogP contribution is -2.47. The number of hydrogen-bond donors (Lipinski definition) is 2.